The normalized spacial score (nSPS) is 11.8. The molecule has 0 radical (unpaired) electrons. The smallest absolute Gasteiger partial charge is 0.0541 e. The molecule has 0 atom stereocenters. The SMILES string of the molecule is c1ccc2c(-c3c4ccccc4c(-c4cccc5ccccc45)c4cc(-n5c6ccccc6c6ccccc65)ccc34)cccc2c1. The van der Waals surface area contributed by atoms with Gasteiger partial charge in [0.1, 0.15) is 0 Å². The van der Waals surface area contributed by atoms with E-state index in [2.05, 4.69) is 180 Å². The fourth-order valence-corrected chi connectivity index (χ4v) is 7.97. The highest BCUT2D eigenvalue weighted by Crippen LogP contribution is 2.47. The van der Waals surface area contributed by atoms with Gasteiger partial charge in [0, 0.05) is 16.5 Å². The maximum absolute atomic E-state index is 2.44. The van der Waals surface area contributed by atoms with Crippen molar-refractivity contribution in [2.24, 2.45) is 0 Å². The monoisotopic (exact) mass is 595 g/mol. The Hall–Kier alpha value is -6.18. The molecule has 9 aromatic carbocycles. The zero-order valence-electron chi connectivity index (χ0n) is 25.7. The Labute approximate surface area is 272 Å². The lowest BCUT2D eigenvalue weighted by molar-refractivity contribution is 1.19. The van der Waals surface area contributed by atoms with E-state index in [4.69, 9.17) is 0 Å². The molecule has 10 aromatic rings. The van der Waals surface area contributed by atoms with Crippen LogP contribution >= 0.6 is 0 Å². The standard InChI is InChI=1S/C46H29N/c1-3-17-33-30(13-1)15-11-23-37(33)45-39-21-5-6-22-40(39)46(38-24-12-16-31-14-2-4-18-34(31)38)42-29-32(27-28-41(42)45)47-43-25-9-7-19-35(43)36-20-8-10-26-44(36)47/h1-29H. The zero-order valence-corrected chi connectivity index (χ0v) is 25.7. The van der Waals surface area contributed by atoms with Gasteiger partial charge in [-0.2, -0.15) is 0 Å². The lowest BCUT2D eigenvalue weighted by Crippen LogP contribution is -1.97. The predicted octanol–water partition coefficient (Wildman–Crippen LogP) is 12.7. The summed E-state index contributed by atoms with van der Waals surface area (Å²) in [4.78, 5) is 0. The average Bonchev–Trinajstić information content (AvgIpc) is 3.48. The van der Waals surface area contributed by atoms with Gasteiger partial charge in [-0.05, 0) is 89.6 Å². The molecule has 0 spiro atoms. The summed E-state index contributed by atoms with van der Waals surface area (Å²) in [5, 5.41) is 12.6. The number of para-hydroxylation sites is 2. The summed E-state index contributed by atoms with van der Waals surface area (Å²) in [5.74, 6) is 0. The minimum Gasteiger partial charge on any atom is -0.309 e. The van der Waals surface area contributed by atoms with Crippen molar-refractivity contribution >= 4 is 64.9 Å². The summed E-state index contributed by atoms with van der Waals surface area (Å²) in [7, 11) is 0. The zero-order chi connectivity index (χ0) is 30.9. The van der Waals surface area contributed by atoms with Crippen LogP contribution in [-0.4, -0.2) is 4.57 Å². The molecule has 0 aliphatic carbocycles. The van der Waals surface area contributed by atoms with Gasteiger partial charge >= 0.3 is 0 Å². The number of aromatic nitrogens is 1. The third kappa shape index (κ3) is 3.84. The van der Waals surface area contributed by atoms with Crippen molar-refractivity contribution in [3.8, 4) is 27.9 Å². The first-order valence-corrected chi connectivity index (χ1v) is 16.3. The number of nitrogens with zero attached hydrogens (tertiary/aromatic N) is 1. The fraction of sp³-hybridized carbons (Fsp3) is 0. The van der Waals surface area contributed by atoms with Gasteiger partial charge in [0.2, 0.25) is 0 Å². The molecule has 0 bridgehead atoms. The second kappa shape index (κ2) is 10.2. The van der Waals surface area contributed by atoms with Crippen molar-refractivity contribution in [3.63, 3.8) is 0 Å². The van der Waals surface area contributed by atoms with Crippen molar-refractivity contribution < 1.29 is 0 Å². The molecule has 0 fully saturated rings. The maximum Gasteiger partial charge on any atom is 0.0541 e. The fourth-order valence-electron chi connectivity index (χ4n) is 7.97. The van der Waals surface area contributed by atoms with Crippen LogP contribution < -0.4 is 0 Å². The van der Waals surface area contributed by atoms with E-state index >= 15 is 0 Å². The summed E-state index contributed by atoms with van der Waals surface area (Å²) in [5.41, 5.74) is 8.68. The summed E-state index contributed by atoms with van der Waals surface area (Å²) < 4.78 is 2.43. The molecular formula is C46H29N. The summed E-state index contributed by atoms with van der Waals surface area (Å²) >= 11 is 0. The largest absolute Gasteiger partial charge is 0.309 e. The molecule has 218 valence electrons. The molecular weight excluding hydrogens is 567 g/mol. The van der Waals surface area contributed by atoms with Gasteiger partial charge in [-0.3, -0.25) is 0 Å². The Kier molecular flexibility index (Phi) is 5.64. The molecule has 1 nitrogen and oxygen atoms in total. The molecule has 0 aliphatic heterocycles. The number of hydrogen-bond acceptors (Lipinski definition) is 0. The van der Waals surface area contributed by atoms with Gasteiger partial charge in [0.15, 0.2) is 0 Å². The van der Waals surface area contributed by atoms with Crippen LogP contribution in [0.5, 0.6) is 0 Å². The number of rotatable bonds is 3. The van der Waals surface area contributed by atoms with Gasteiger partial charge in [-0.25, -0.2) is 0 Å². The molecule has 1 aromatic heterocycles. The third-order valence-corrected chi connectivity index (χ3v) is 9.96. The molecule has 10 rings (SSSR count). The number of benzene rings is 9. The second-order valence-corrected chi connectivity index (χ2v) is 12.4. The Bertz CT molecular complexity index is 2790. The quantitative estimate of drug-likeness (QED) is 0.179. The van der Waals surface area contributed by atoms with E-state index < -0.39 is 0 Å². The topological polar surface area (TPSA) is 4.93 Å². The summed E-state index contributed by atoms with van der Waals surface area (Å²) in [6.45, 7) is 0. The van der Waals surface area contributed by atoms with Crippen molar-refractivity contribution in [1.29, 1.82) is 0 Å². The van der Waals surface area contributed by atoms with Gasteiger partial charge in [0.05, 0.1) is 11.0 Å². The van der Waals surface area contributed by atoms with Crippen LogP contribution in [0.4, 0.5) is 0 Å². The first kappa shape index (κ1) is 26.1. The molecule has 0 unspecified atom stereocenters. The second-order valence-electron chi connectivity index (χ2n) is 12.4. The van der Waals surface area contributed by atoms with Crippen LogP contribution in [0.3, 0.4) is 0 Å². The predicted molar refractivity (Wildman–Crippen MR) is 202 cm³/mol. The summed E-state index contributed by atoms with van der Waals surface area (Å²) in [6.07, 6.45) is 0. The average molecular weight is 596 g/mol. The van der Waals surface area contributed by atoms with E-state index in [-0.39, 0.29) is 0 Å². The molecule has 0 aliphatic rings. The third-order valence-electron chi connectivity index (χ3n) is 9.96. The molecule has 0 amide bonds. The van der Waals surface area contributed by atoms with Crippen molar-refractivity contribution in [3.05, 3.63) is 176 Å². The van der Waals surface area contributed by atoms with E-state index in [1.54, 1.807) is 0 Å². The Morgan fingerprint density at radius 1 is 0.277 bits per heavy atom. The lowest BCUT2D eigenvalue weighted by atomic mass is 9.83. The van der Waals surface area contributed by atoms with Crippen LogP contribution in [0.25, 0.3) is 92.8 Å². The molecule has 0 saturated carbocycles. The minimum atomic E-state index is 1.16. The number of hydrogen-bond donors (Lipinski definition) is 0. The van der Waals surface area contributed by atoms with Crippen molar-refractivity contribution in [2.45, 2.75) is 0 Å². The molecule has 0 saturated heterocycles. The lowest BCUT2D eigenvalue weighted by Gasteiger charge is -2.21. The first-order chi connectivity index (χ1) is 23.3. The molecule has 0 N–H and O–H groups in total. The maximum atomic E-state index is 2.44. The van der Waals surface area contributed by atoms with Crippen LogP contribution in [0, 0.1) is 0 Å². The van der Waals surface area contributed by atoms with E-state index in [0.29, 0.717) is 0 Å². The Morgan fingerprint density at radius 2 is 0.681 bits per heavy atom. The highest BCUT2D eigenvalue weighted by molar-refractivity contribution is 6.25. The van der Waals surface area contributed by atoms with Gasteiger partial charge in [-0.1, -0.05) is 152 Å². The van der Waals surface area contributed by atoms with E-state index in [0.717, 1.165) is 5.69 Å². The minimum absolute atomic E-state index is 1.16. The highest BCUT2D eigenvalue weighted by atomic mass is 15.0. The Morgan fingerprint density at radius 3 is 1.23 bits per heavy atom. The molecule has 1 heterocycles. The van der Waals surface area contributed by atoms with E-state index in [1.165, 1.54) is 87.1 Å². The van der Waals surface area contributed by atoms with Crippen LogP contribution in [0.15, 0.2) is 176 Å². The van der Waals surface area contributed by atoms with Crippen molar-refractivity contribution in [1.82, 2.24) is 4.57 Å². The summed E-state index contributed by atoms with van der Waals surface area (Å²) in [6, 6.07) is 64.6. The Balaban J connectivity index is 1.41. The van der Waals surface area contributed by atoms with Gasteiger partial charge in [0.25, 0.3) is 0 Å². The molecule has 1 heteroatoms. The highest BCUT2D eigenvalue weighted by Gasteiger charge is 2.20. The van der Waals surface area contributed by atoms with Crippen LogP contribution in [0.2, 0.25) is 0 Å². The van der Waals surface area contributed by atoms with E-state index in [1.807, 2.05) is 0 Å². The van der Waals surface area contributed by atoms with Gasteiger partial charge < -0.3 is 4.57 Å². The van der Waals surface area contributed by atoms with Crippen LogP contribution in [0.1, 0.15) is 0 Å². The van der Waals surface area contributed by atoms with Crippen molar-refractivity contribution in [2.75, 3.05) is 0 Å². The van der Waals surface area contributed by atoms with Gasteiger partial charge in [-0.15, -0.1) is 0 Å². The molecule has 47 heavy (non-hydrogen) atoms. The van der Waals surface area contributed by atoms with E-state index in [9.17, 15) is 0 Å². The first-order valence-electron chi connectivity index (χ1n) is 16.3. The van der Waals surface area contributed by atoms with Crippen LogP contribution in [-0.2, 0) is 0 Å². The number of fused-ring (bicyclic) bond motifs is 7.